The molecule has 0 spiro atoms. The summed E-state index contributed by atoms with van der Waals surface area (Å²) >= 11 is 5.24. The number of aromatic nitrogens is 2. The van der Waals surface area contributed by atoms with Crippen molar-refractivity contribution >= 4 is 12.2 Å². The first kappa shape index (κ1) is 16.0. The summed E-state index contributed by atoms with van der Waals surface area (Å²) in [5, 5.41) is 14.1. The normalized spacial score (nSPS) is 18.4. The number of fused-ring (bicyclic) bond motifs is 1. The SMILES string of the molecule is CC[C@H](C)n1c(O)c([C@@H]2NCCc3ccccc32)c(=O)[nH]c1=S. The number of benzene rings is 1. The minimum absolute atomic E-state index is 0.0111. The molecular formula is C17H21N3O2S. The lowest BCUT2D eigenvalue weighted by atomic mass is 9.90. The topological polar surface area (TPSA) is 70.0 Å². The minimum Gasteiger partial charge on any atom is -0.494 e. The van der Waals surface area contributed by atoms with Crippen molar-refractivity contribution in [2.24, 2.45) is 0 Å². The van der Waals surface area contributed by atoms with Gasteiger partial charge in [-0.15, -0.1) is 0 Å². The molecule has 0 fully saturated rings. The summed E-state index contributed by atoms with van der Waals surface area (Å²) in [6.07, 6.45) is 1.72. The van der Waals surface area contributed by atoms with E-state index >= 15 is 0 Å². The molecule has 1 aliphatic rings. The molecule has 0 saturated heterocycles. The lowest BCUT2D eigenvalue weighted by molar-refractivity contribution is 0.358. The molecule has 6 heteroatoms. The number of hydrogen-bond acceptors (Lipinski definition) is 4. The number of aromatic amines is 1. The number of nitrogens with zero attached hydrogens (tertiary/aromatic N) is 1. The summed E-state index contributed by atoms with van der Waals surface area (Å²) in [7, 11) is 0. The second-order valence-corrected chi connectivity index (χ2v) is 6.35. The van der Waals surface area contributed by atoms with Gasteiger partial charge in [-0.1, -0.05) is 31.2 Å². The van der Waals surface area contributed by atoms with Crippen molar-refractivity contribution in [2.75, 3.05) is 6.54 Å². The summed E-state index contributed by atoms with van der Waals surface area (Å²) in [6, 6.07) is 7.70. The highest BCUT2D eigenvalue weighted by Gasteiger charge is 2.28. The van der Waals surface area contributed by atoms with Crippen LogP contribution in [0.3, 0.4) is 0 Å². The van der Waals surface area contributed by atoms with Gasteiger partial charge in [0.15, 0.2) is 4.77 Å². The van der Waals surface area contributed by atoms with Crippen molar-refractivity contribution in [3.05, 3.63) is 56.1 Å². The lowest BCUT2D eigenvalue weighted by Gasteiger charge is -2.28. The Morgan fingerprint density at radius 2 is 2.17 bits per heavy atom. The molecule has 5 nitrogen and oxygen atoms in total. The summed E-state index contributed by atoms with van der Waals surface area (Å²) in [5.74, 6) is -0.0395. The third-order valence-corrected chi connectivity index (χ3v) is 4.88. The van der Waals surface area contributed by atoms with E-state index in [1.807, 2.05) is 32.0 Å². The van der Waals surface area contributed by atoms with Crippen molar-refractivity contribution in [1.82, 2.24) is 14.9 Å². The van der Waals surface area contributed by atoms with Crippen LogP contribution < -0.4 is 10.9 Å². The summed E-state index contributed by atoms with van der Waals surface area (Å²) < 4.78 is 1.89. The smallest absolute Gasteiger partial charge is 0.260 e. The average molecular weight is 331 g/mol. The van der Waals surface area contributed by atoms with Gasteiger partial charge < -0.3 is 10.4 Å². The molecule has 0 unspecified atom stereocenters. The number of aromatic hydroxyl groups is 1. The maximum atomic E-state index is 12.5. The second kappa shape index (κ2) is 6.29. The van der Waals surface area contributed by atoms with Crippen LogP contribution in [0.2, 0.25) is 0 Å². The number of hydrogen-bond donors (Lipinski definition) is 3. The number of nitrogens with one attached hydrogen (secondary N) is 2. The fraction of sp³-hybridized carbons (Fsp3) is 0.412. The van der Waals surface area contributed by atoms with Gasteiger partial charge in [-0.25, -0.2) is 0 Å². The first-order chi connectivity index (χ1) is 11.0. The van der Waals surface area contributed by atoms with Crippen molar-refractivity contribution in [3.8, 4) is 5.88 Å². The Bertz CT molecular complexity index is 840. The molecule has 2 heterocycles. The number of H-pyrrole nitrogens is 1. The van der Waals surface area contributed by atoms with Gasteiger partial charge in [0.1, 0.15) is 0 Å². The molecule has 2 atom stereocenters. The van der Waals surface area contributed by atoms with E-state index in [2.05, 4.69) is 16.4 Å². The van der Waals surface area contributed by atoms with E-state index in [4.69, 9.17) is 12.2 Å². The third-order valence-electron chi connectivity index (χ3n) is 4.58. The maximum absolute atomic E-state index is 12.5. The van der Waals surface area contributed by atoms with Gasteiger partial charge in [-0.2, -0.15) is 0 Å². The highest BCUT2D eigenvalue weighted by Crippen LogP contribution is 2.32. The molecule has 2 aromatic rings. The van der Waals surface area contributed by atoms with E-state index in [0.717, 1.165) is 24.9 Å². The van der Waals surface area contributed by atoms with Crippen molar-refractivity contribution < 1.29 is 5.11 Å². The molecule has 122 valence electrons. The Kier molecular flexibility index (Phi) is 4.37. The first-order valence-electron chi connectivity index (χ1n) is 7.93. The van der Waals surface area contributed by atoms with E-state index < -0.39 is 0 Å². The van der Waals surface area contributed by atoms with Gasteiger partial charge in [0.25, 0.3) is 5.56 Å². The predicted octanol–water partition coefficient (Wildman–Crippen LogP) is 2.82. The standard InChI is InChI=1S/C17H21N3O2S/c1-3-10(2)20-16(22)13(15(21)19-17(20)23)14-12-7-5-4-6-11(12)8-9-18-14/h4-7,10,14,18,22H,3,8-9H2,1-2H3,(H,19,21,23)/t10-,14+/m0/s1. The molecule has 1 aromatic heterocycles. The third kappa shape index (κ3) is 2.72. The molecule has 3 rings (SSSR count). The molecule has 0 bridgehead atoms. The van der Waals surface area contributed by atoms with E-state index in [9.17, 15) is 9.90 Å². The van der Waals surface area contributed by atoms with Crippen LogP contribution in [-0.2, 0) is 6.42 Å². The van der Waals surface area contributed by atoms with E-state index in [1.54, 1.807) is 4.57 Å². The van der Waals surface area contributed by atoms with Crippen LogP contribution in [0.4, 0.5) is 0 Å². The highest BCUT2D eigenvalue weighted by molar-refractivity contribution is 7.71. The Labute approximate surface area is 140 Å². The molecule has 1 aromatic carbocycles. The van der Waals surface area contributed by atoms with Gasteiger partial charge in [0, 0.05) is 12.6 Å². The van der Waals surface area contributed by atoms with Crippen molar-refractivity contribution in [3.63, 3.8) is 0 Å². The van der Waals surface area contributed by atoms with Crippen molar-refractivity contribution in [2.45, 2.75) is 38.8 Å². The predicted molar refractivity (Wildman–Crippen MR) is 92.5 cm³/mol. The molecule has 0 saturated carbocycles. The molecule has 23 heavy (non-hydrogen) atoms. The Morgan fingerprint density at radius 1 is 1.43 bits per heavy atom. The molecule has 1 aliphatic heterocycles. The molecular weight excluding hydrogens is 310 g/mol. The highest BCUT2D eigenvalue weighted by atomic mass is 32.1. The fourth-order valence-electron chi connectivity index (χ4n) is 3.17. The van der Waals surface area contributed by atoms with Crippen LogP contribution in [0, 0.1) is 4.77 Å². The van der Waals surface area contributed by atoms with Crippen LogP contribution in [0.1, 0.15) is 49.0 Å². The maximum Gasteiger partial charge on any atom is 0.260 e. The zero-order chi connectivity index (χ0) is 16.6. The fourth-order valence-corrected chi connectivity index (χ4v) is 3.53. The number of rotatable bonds is 3. The van der Waals surface area contributed by atoms with Gasteiger partial charge in [-0.3, -0.25) is 14.3 Å². The molecule has 0 amide bonds. The van der Waals surface area contributed by atoms with Crippen LogP contribution in [0.25, 0.3) is 0 Å². The Morgan fingerprint density at radius 3 is 2.91 bits per heavy atom. The Balaban J connectivity index is 2.22. The molecule has 0 radical (unpaired) electrons. The van der Waals surface area contributed by atoms with E-state index in [-0.39, 0.29) is 28.3 Å². The summed E-state index contributed by atoms with van der Waals surface area (Å²) in [6.45, 7) is 4.75. The molecule has 3 N–H and O–H groups in total. The zero-order valence-electron chi connectivity index (χ0n) is 13.3. The van der Waals surface area contributed by atoms with Crippen LogP contribution >= 0.6 is 12.2 Å². The lowest BCUT2D eigenvalue weighted by Crippen LogP contribution is -2.35. The Hall–Kier alpha value is -1.92. The average Bonchev–Trinajstić information content (AvgIpc) is 2.54. The monoisotopic (exact) mass is 331 g/mol. The van der Waals surface area contributed by atoms with Crippen LogP contribution in [0.15, 0.2) is 29.1 Å². The van der Waals surface area contributed by atoms with Crippen LogP contribution in [0.5, 0.6) is 5.88 Å². The minimum atomic E-state index is -0.332. The van der Waals surface area contributed by atoms with Gasteiger partial charge in [-0.05, 0) is 43.1 Å². The quantitative estimate of drug-likeness (QED) is 0.757. The van der Waals surface area contributed by atoms with Crippen molar-refractivity contribution in [1.29, 1.82) is 0 Å². The first-order valence-corrected chi connectivity index (χ1v) is 8.34. The van der Waals surface area contributed by atoms with E-state index in [1.165, 1.54) is 5.56 Å². The van der Waals surface area contributed by atoms with Gasteiger partial charge in [0.05, 0.1) is 11.6 Å². The van der Waals surface area contributed by atoms with Crippen LogP contribution in [-0.4, -0.2) is 21.2 Å². The van der Waals surface area contributed by atoms with E-state index in [0.29, 0.717) is 5.56 Å². The summed E-state index contributed by atoms with van der Waals surface area (Å²) in [5.41, 5.74) is 2.24. The van der Waals surface area contributed by atoms with Gasteiger partial charge in [0.2, 0.25) is 5.88 Å². The second-order valence-electron chi connectivity index (χ2n) is 5.96. The summed E-state index contributed by atoms with van der Waals surface area (Å²) in [4.78, 5) is 15.2. The zero-order valence-corrected chi connectivity index (χ0v) is 14.1. The van der Waals surface area contributed by atoms with Gasteiger partial charge >= 0.3 is 0 Å². The molecule has 0 aliphatic carbocycles. The largest absolute Gasteiger partial charge is 0.494 e.